The number of nitrogens with zero attached hydrogens (tertiary/aromatic N) is 5. The van der Waals surface area contributed by atoms with E-state index in [4.69, 9.17) is 0 Å². The van der Waals surface area contributed by atoms with Gasteiger partial charge in [-0.15, -0.1) is 0 Å². The molecule has 0 saturated heterocycles. The molecule has 0 fully saturated rings. The Bertz CT molecular complexity index is 463. The number of hydrogen-bond acceptors (Lipinski definition) is 4. The first-order valence-corrected chi connectivity index (χ1v) is 9.03. The van der Waals surface area contributed by atoms with Gasteiger partial charge in [-0.25, -0.2) is 0 Å². The quantitative estimate of drug-likeness (QED) is 0.456. The molecule has 6 nitrogen and oxygen atoms in total. The third kappa shape index (κ3) is 3.18. The molecular formula is C10H16IN6-. The summed E-state index contributed by atoms with van der Waals surface area (Å²) >= 11 is 0.328. The first-order chi connectivity index (χ1) is 8.33. The Morgan fingerprint density at radius 3 is 3.12 bits per heavy atom. The molecule has 0 saturated carbocycles. The number of aromatic nitrogens is 5. The van der Waals surface area contributed by atoms with Crippen LogP contribution in [0.25, 0.3) is 0 Å². The maximum absolute atomic E-state index is 4.19. The fraction of sp³-hybridized carbons (Fsp3) is 0.500. The van der Waals surface area contributed by atoms with Crippen molar-refractivity contribution >= 4 is 5.95 Å². The van der Waals surface area contributed by atoms with Crippen LogP contribution in [-0.4, -0.2) is 41.0 Å². The monoisotopic (exact) mass is 347 g/mol. The van der Waals surface area contributed by atoms with Crippen molar-refractivity contribution in [3.8, 4) is 0 Å². The van der Waals surface area contributed by atoms with E-state index in [0.29, 0.717) is 27.7 Å². The molecule has 0 unspecified atom stereocenters. The van der Waals surface area contributed by atoms with Crippen molar-refractivity contribution in [2.24, 2.45) is 0 Å². The minimum atomic E-state index is 0.328. The van der Waals surface area contributed by atoms with Gasteiger partial charge in [-0.2, -0.15) is 0 Å². The summed E-state index contributed by atoms with van der Waals surface area (Å²) in [6.07, 6.45) is 5.72. The van der Waals surface area contributed by atoms with Crippen LogP contribution in [-0.2, 0) is 13.1 Å². The first kappa shape index (κ1) is 12.3. The number of nitrogens with one attached hydrogen (secondary N) is 1. The standard InChI is InChI=1S/C10H16IN6/c1-11-3-5-17-8-9(14-15-17)7-16-6-4-13-10(16)12-2/h4,6,8H,3,5,7H2,1-2H3,(H,12,13)/q-1. The van der Waals surface area contributed by atoms with Crippen molar-refractivity contribution in [1.29, 1.82) is 0 Å². The maximum atomic E-state index is 4.19. The van der Waals surface area contributed by atoms with Crippen LogP contribution in [0.3, 0.4) is 0 Å². The van der Waals surface area contributed by atoms with Gasteiger partial charge in [0.15, 0.2) is 0 Å². The van der Waals surface area contributed by atoms with Crippen molar-refractivity contribution in [2.45, 2.75) is 13.1 Å². The van der Waals surface area contributed by atoms with Crippen LogP contribution in [0.4, 0.5) is 5.95 Å². The van der Waals surface area contributed by atoms with Crippen molar-refractivity contribution in [3.05, 3.63) is 24.3 Å². The summed E-state index contributed by atoms with van der Waals surface area (Å²) < 4.78 is 5.18. The molecule has 0 bridgehead atoms. The Labute approximate surface area is 111 Å². The van der Waals surface area contributed by atoms with Gasteiger partial charge >= 0.3 is 111 Å². The fourth-order valence-electron chi connectivity index (χ4n) is 1.53. The molecule has 0 spiro atoms. The van der Waals surface area contributed by atoms with E-state index in [1.807, 2.05) is 28.7 Å². The van der Waals surface area contributed by atoms with Gasteiger partial charge in [-0.05, 0) is 0 Å². The normalized spacial score (nSPS) is 10.9. The molecule has 0 aliphatic rings. The summed E-state index contributed by atoms with van der Waals surface area (Å²) in [6.45, 7) is 1.69. The zero-order valence-electron chi connectivity index (χ0n) is 9.97. The summed E-state index contributed by atoms with van der Waals surface area (Å²) in [6, 6.07) is 0. The zero-order valence-corrected chi connectivity index (χ0v) is 12.1. The van der Waals surface area contributed by atoms with Crippen LogP contribution in [0, 0.1) is 0 Å². The Balaban J connectivity index is 2.01. The molecule has 0 atom stereocenters. The molecule has 1 N–H and O–H groups in total. The summed E-state index contributed by atoms with van der Waals surface area (Å²) in [5.41, 5.74) is 0.966. The number of aryl methyl sites for hydroxylation is 1. The van der Waals surface area contributed by atoms with Crippen LogP contribution in [0.1, 0.15) is 5.69 Å². The molecule has 17 heavy (non-hydrogen) atoms. The molecule has 7 heteroatoms. The molecule has 2 aromatic rings. The van der Waals surface area contributed by atoms with Crippen LogP contribution < -0.4 is 26.5 Å². The van der Waals surface area contributed by atoms with Crippen molar-refractivity contribution in [3.63, 3.8) is 0 Å². The van der Waals surface area contributed by atoms with E-state index in [9.17, 15) is 0 Å². The number of alkyl halides is 2. The predicted molar refractivity (Wildman–Crippen MR) is 61.7 cm³/mol. The van der Waals surface area contributed by atoms with Gasteiger partial charge in [0.2, 0.25) is 0 Å². The number of hydrogen-bond donors (Lipinski definition) is 1. The number of anilines is 1. The first-order valence-electron chi connectivity index (χ1n) is 5.35. The van der Waals surface area contributed by atoms with Crippen LogP contribution in [0.15, 0.2) is 18.6 Å². The fourth-order valence-corrected chi connectivity index (χ4v) is 2.51. The van der Waals surface area contributed by atoms with E-state index in [-0.39, 0.29) is 0 Å². The summed E-state index contributed by atoms with van der Waals surface area (Å²) in [7, 11) is 1.86. The predicted octanol–water partition coefficient (Wildman–Crippen LogP) is -2.72. The van der Waals surface area contributed by atoms with E-state index in [1.165, 1.54) is 4.43 Å². The molecule has 0 aromatic carbocycles. The summed E-state index contributed by atoms with van der Waals surface area (Å²) in [5.74, 6) is 0.846. The third-order valence-corrected chi connectivity index (χ3v) is 3.92. The average molecular weight is 347 g/mol. The van der Waals surface area contributed by atoms with Crippen molar-refractivity contribution < 1.29 is 21.2 Å². The van der Waals surface area contributed by atoms with E-state index in [2.05, 4.69) is 25.5 Å². The molecule has 94 valence electrons. The van der Waals surface area contributed by atoms with Crippen molar-refractivity contribution in [2.75, 3.05) is 21.7 Å². The average Bonchev–Trinajstić information content (AvgIpc) is 2.96. The van der Waals surface area contributed by atoms with E-state index in [0.717, 1.165) is 18.2 Å². The number of imidazole rings is 1. The van der Waals surface area contributed by atoms with Gasteiger partial charge in [0.05, 0.1) is 0 Å². The van der Waals surface area contributed by atoms with E-state index < -0.39 is 0 Å². The minimum absolute atomic E-state index is 0.328. The van der Waals surface area contributed by atoms with Gasteiger partial charge in [0.25, 0.3) is 0 Å². The second kappa shape index (κ2) is 5.99. The summed E-state index contributed by atoms with van der Waals surface area (Å²) in [5, 5.41) is 11.3. The molecule has 0 aliphatic heterocycles. The Morgan fingerprint density at radius 1 is 1.47 bits per heavy atom. The molecule has 2 aromatic heterocycles. The molecule has 0 radical (unpaired) electrons. The van der Waals surface area contributed by atoms with Gasteiger partial charge in [-0.1, -0.05) is 0 Å². The van der Waals surface area contributed by atoms with Gasteiger partial charge in [-0.3, -0.25) is 0 Å². The number of halogens is 1. The molecule has 2 heterocycles. The molecule has 0 aliphatic carbocycles. The Hall–Kier alpha value is -1.12. The molecule has 2 rings (SSSR count). The van der Waals surface area contributed by atoms with Crippen molar-refractivity contribution in [1.82, 2.24) is 24.5 Å². The van der Waals surface area contributed by atoms with E-state index >= 15 is 0 Å². The summed E-state index contributed by atoms with van der Waals surface area (Å²) in [4.78, 5) is 6.47. The number of rotatable bonds is 6. The SMILES string of the molecule is CNc1nccn1Cc1cn(CC[I-]C)nn1. The topological polar surface area (TPSA) is 60.6 Å². The Kier molecular flexibility index (Phi) is 4.35. The molecule has 0 amide bonds. The van der Waals surface area contributed by atoms with Gasteiger partial charge < -0.3 is 0 Å². The van der Waals surface area contributed by atoms with Gasteiger partial charge in [0, 0.05) is 0 Å². The van der Waals surface area contributed by atoms with E-state index in [1.54, 1.807) is 6.20 Å². The van der Waals surface area contributed by atoms with Crippen LogP contribution in [0.2, 0.25) is 0 Å². The Morgan fingerprint density at radius 2 is 2.35 bits per heavy atom. The zero-order chi connectivity index (χ0) is 12.1. The van der Waals surface area contributed by atoms with Gasteiger partial charge in [0.1, 0.15) is 0 Å². The third-order valence-electron chi connectivity index (χ3n) is 2.36. The van der Waals surface area contributed by atoms with Crippen LogP contribution in [0.5, 0.6) is 0 Å². The second-order valence-corrected chi connectivity index (χ2v) is 6.16. The second-order valence-electron chi connectivity index (χ2n) is 3.56. The molecular weight excluding hydrogens is 331 g/mol. The van der Waals surface area contributed by atoms with Crippen LogP contribution >= 0.6 is 0 Å².